The maximum Gasteiger partial charge on any atom is 0.327 e. The highest BCUT2D eigenvalue weighted by atomic mass is 16.5. The predicted octanol–water partition coefficient (Wildman–Crippen LogP) is 1.94. The fourth-order valence-corrected chi connectivity index (χ4v) is 1.07. The number of hydrogen-bond donors (Lipinski definition) is 2. The summed E-state index contributed by atoms with van der Waals surface area (Å²) in [5.74, 6) is 0.921. The van der Waals surface area contributed by atoms with Crippen LogP contribution >= 0.6 is 0 Å². The molecule has 1 aliphatic heterocycles. The van der Waals surface area contributed by atoms with Gasteiger partial charge in [0, 0.05) is 12.6 Å². The van der Waals surface area contributed by atoms with E-state index in [2.05, 4.69) is 10.3 Å². The van der Waals surface area contributed by atoms with Gasteiger partial charge in [0.2, 0.25) is 0 Å². The summed E-state index contributed by atoms with van der Waals surface area (Å²) in [6.07, 6.45) is 6.47. The van der Waals surface area contributed by atoms with E-state index in [4.69, 9.17) is 4.65 Å². The molecule has 0 aromatic carbocycles. The molecule has 4 nitrogen and oxygen atoms in total. The number of amidine groups is 1. The topological polar surface area (TPSA) is 53.9 Å². The molecule has 0 amide bonds. The normalized spacial score (nSPS) is 19.2. The maximum atomic E-state index is 9.95. The third-order valence-corrected chi connectivity index (χ3v) is 3.12. The van der Waals surface area contributed by atoms with Crippen LogP contribution in [-0.2, 0) is 4.65 Å². The van der Waals surface area contributed by atoms with Gasteiger partial charge in [-0.05, 0) is 40.8 Å². The van der Waals surface area contributed by atoms with Crippen LogP contribution in [0.3, 0.4) is 0 Å². The second-order valence-electron chi connectivity index (χ2n) is 5.50. The molecule has 1 rings (SSSR count). The molecule has 0 aromatic heterocycles. The summed E-state index contributed by atoms with van der Waals surface area (Å²) in [5, 5.41) is 13.0. The van der Waals surface area contributed by atoms with Crippen molar-refractivity contribution >= 4 is 13.3 Å². The highest BCUT2D eigenvalue weighted by Gasteiger charge is 2.35. The number of aliphatic imine (C=N–C) groups is 1. The molecule has 0 aromatic rings. The molecular weight excluding hydrogens is 227 g/mol. The summed E-state index contributed by atoms with van der Waals surface area (Å²) in [7, 11) is 1.63. The Kier molecular flexibility index (Phi) is 4.76. The highest BCUT2D eigenvalue weighted by molar-refractivity contribution is 6.37. The van der Waals surface area contributed by atoms with Gasteiger partial charge in [0.1, 0.15) is 5.84 Å². The minimum absolute atomic E-state index is 0.650. The lowest BCUT2D eigenvalue weighted by molar-refractivity contribution is -0.0896. The van der Waals surface area contributed by atoms with Crippen molar-refractivity contribution in [3.8, 4) is 0 Å². The molecule has 0 atom stereocenters. The van der Waals surface area contributed by atoms with Crippen molar-refractivity contribution in [2.45, 2.75) is 52.2 Å². The molecule has 1 heterocycles. The summed E-state index contributed by atoms with van der Waals surface area (Å²) in [4.78, 5) is 4.29. The van der Waals surface area contributed by atoms with Crippen LogP contribution in [0.5, 0.6) is 0 Å². The fraction of sp³-hybridized carbons (Fsp3) is 0.615. The minimum atomic E-state index is -0.910. The molecular formula is C13H22BN2O2. The summed E-state index contributed by atoms with van der Waals surface area (Å²) in [5.41, 5.74) is -0.664. The number of rotatable bonds is 5. The molecule has 0 fully saturated rings. The van der Waals surface area contributed by atoms with E-state index in [0.717, 1.165) is 17.7 Å². The van der Waals surface area contributed by atoms with Gasteiger partial charge >= 0.3 is 7.48 Å². The lowest BCUT2D eigenvalue weighted by Crippen LogP contribution is -2.48. The van der Waals surface area contributed by atoms with Gasteiger partial charge in [-0.25, -0.2) is 4.99 Å². The Balaban J connectivity index is 2.48. The van der Waals surface area contributed by atoms with Gasteiger partial charge in [-0.15, -0.1) is 0 Å². The Morgan fingerprint density at radius 1 is 1.50 bits per heavy atom. The molecule has 0 saturated heterocycles. The van der Waals surface area contributed by atoms with Crippen LogP contribution in [0.25, 0.3) is 0 Å². The van der Waals surface area contributed by atoms with Crippen molar-refractivity contribution in [2.75, 3.05) is 0 Å². The number of aliphatic hydroxyl groups is 1. The van der Waals surface area contributed by atoms with Crippen LogP contribution in [-0.4, -0.2) is 29.6 Å². The Morgan fingerprint density at radius 3 is 2.67 bits per heavy atom. The first-order chi connectivity index (χ1) is 8.22. The summed E-state index contributed by atoms with van der Waals surface area (Å²) >= 11 is 0. The van der Waals surface area contributed by atoms with Gasteiger partial charge in [-0.1, -0.05) is 11.5 Å². The quantitative estimate of drug-likeness (QED) is 0.732. The zero-order chi connectivity index (χ0) is 13.8. The second-order valence-corrected chi connectivity index (χ2v) is 5.50. The van der Waals surface area contributed by atoms with Crippen LogP contribution < -0.4 is 5.32 Å². The molecule has 0 saturated carbocycles. The van der Waals surface area contributed by atoms with Crippen molar-refractivity contribution in [2.24, 2.45) is 4.99 Å². The molecule has 0 aliphatic carbocycles. The van der Waals surface area contributed by atoms with Crippen molar-refractivity contribution in [3.63, 3.8) is 0 Å². The summed E-state index contributed by atoms with van der Waals surface area (Å²) in [6, 6.07) is 0. The van der Waals surface area contributed by atoms with E-state index in [1.54, 1.807) is 27.5 Å². The lowest BCUT2D eigenvalue weighted by Gasteiger charge is -2.37. The SMILES string of the molecule is C/C([B]OC(C)(C)C(C)(C)O)=C\N=C1CC=CN1. The van der Waals surface area contributed by atoms with E-state index in [1.807, 2.05) is 33.0 Å². The van der Waals surface area contributed by atoms with Gasteiger partial charge < -0.3 is 15.1 Å². The largest absolute Gasteiger partial charge is 0.427 e. The first-order valence-electron chi connectivity index (χ1n) is 6.11. The van der Waals surface area contributed by atoms with E-state index in [0.29, 0.717) is 0 Å². The van der Waals surface area contributed by atoms with Crippen molar-refractivity contribution in [1.82, 2.24) is 5.32 Å². The van der Waals surface area contributed by atoms with Gasteiger partial charge in [0.15, 0.2) is 0 Å². The van der Waals surface area contributed by atoms with Crippen molar-refractivity contribution in [1.29, 1.82) is 0 Å². The summed E-state index contributed by atoms with van der Waals surface area (Å²) < 4.78 is 5.62. The highest BCUT2D eigenvalue weighted by Crippen LogP contribution is 2.24. The van der Waals surface area contributed by atoms with Crippen LogP contribution in [0.1, 0.15) is 41.0 Å². The minimum Gasteiger partial charge on any atom is -0.427 e. The van der Waals surface area contributed by atoms with Crippen molar-refractivity contribution in [3.05, 3.63) is 23.9 Å². The predicted molar refractivity (Wildman–Crippen MR) is 75.3 cm³/mol. The number of hydrogen-bond acceptors (Lipinski definition) is 3. The maximum absolute atomic E-state index is 9.95. The van der Waals surface area contributed by atoms with Gasteiger partial charge in [0.25, 0.3) is 0 Å². The third kappa shape index (κ3) is 4.31. The van der Waals surface area contributed by atoms with E-state index in [9.17, 15) is 5.11 Å². The van der Waals surface area contributed by atoms with Crippen LogP contribution in [0.4, 0.5) is 0 Å². The number of nitrogens with one attached hydrogen (secondary N) is 1. The molecule has 0 bridgehead atoms. The zero-order valence-electron chi connectivity index (χ0n) is 11.8. The molecule has 5 heteroatoms. The van der Waals surface area contributed by atoms with Gasteiger partial charge in [-0.3, -0.25) is 0 Å². The van der Waals surface area contributed by atoms with Crippen LogP contribution in [0, 0.1) is 0 Å². The Morgan fingerprint density at radius 2 is 2.17 bits per heavy atom. The lowest BCUT2D eigenvalue weighted by atomic mass is 9.83. The zero-order valence-corrected chi connectivity index (χ0v) is 11.8. The smallest absolute Gasteiger partial charge is 0.327 e. The van der Waals surface area contributed by atoms with Gasteiger partial charge in [-0.2, -0.15) is 0 Å². The first-order valence-corrected chi connectivity index (χ1v) is 6.11. The molecule has 0 unspecified atom stereocenters. The van der Waals surface area contributed by atoms with E-state index in [1.165, 1.54) is 0 Å². The fourth-order valence-electron chi connectivity index (χ4n) is 1.07. The molecule has 1 aliphatic rings. The average molecular weight is 249 g/mol. The average Bonchev–Trinajstić information content (AvgIpc) is 2.74. The van der Waals surface area contributed by atoms with E-state index < -0.39 is 11.2 Å². The van der Waals surface area contributed by atoms with Crippen LogP contribution in [0.2, 0.25) is 0 Å². The second kappa shape index (κ2) is 5.72. The van der Waals surface area contributed by atoms with Crippen LogP contribution in [0.15, 0.2) is 28.9 Å². The number of nitrogens with zero attached hydrogens (tertiary/aromatic N) is 1. The molecule has 0 spiro atoms. The molecule has 1 radical (unpaired) electrons. The molecule has 2 N–H and O–H groups in total. The Labute approximate surface area is 110 Å². The van der Waals surface area contributed by atoms with E-state index >= 15 is 0 Å². The van der Waals surface area contributed by atoms with E-state index in [-0.39, 0.29) is 0 Å². The standard InChI is InChI=1S/C13H22BN2O2/c1-10(9-16-11-7-6-8-15-11)14-18-13(4,5)12(2,3)17/h6,8-9,17H,7H2,1-5H3,(H,15,16)/b10-9+. The number of allylic oxidation sites excluding steroid dienone is 1. The third-order valence-electron chi connectivity index (χ3n) is 3.12. The summed E-state index contributed by atoms with van der Waals surface area (Å²) in [6.45, 7) is 9.07. The monoisotopic (exact) mass is 249 g/mol. The molecule has 99 valence electrons. The first kappa shape index (κ1) is 15.0. The Bertz CT molecular complexity index is 369. The molecule has 18 heavy (non-hydrogen) atoms. The Hall–Kier alpha value is -1.07. The van der Waals surface area contributed by atoms with Gasteiger partial charge in [0.05, 0.1) is 11.2 Å². The van der Waals surface area contributed by atoms with Crippen molar-refractivity contribution < 1.29 is 9.76 Å².